The molecule has 0 saturated carbocycles. The Balaban J connectivity index is 0.00000128. The number of hydrogen-bond donors (Lipinski definition) is 0. The minimum absolute atomic E-state index is 0. The zero-order chi connectivity index (χ0) is 15.7. The van der Waals surface area contributed by atoms with Crippen molar-refractivity contribution in [3.05, 3.63) is 34.4 Å². The smallest absolute Gasteiger partial charge is 0 e. The van der Waals surface area contributed by atoms with Crippen molar-refractivity contribution in [3.63, 3.8) is 0 Å². The molecule has 21 heavy (non-hydrogen) atoms. The summed E-state index contributed by atoms with van der Waals surface area (Å²) in [5.41, 5.74) is 6.98. The first kappa shape index (κ1) is 20.9. The molecule has 0 amide bonds. The van der Waals surface area contributed by atoms with Crippen molar-refractivity contribution in [1.29, 1.82) is 0 Å². The molecule has 0 N–H and O–H groups in total. The van der Waals surface area contributed by atoms with Crippen molar-refractivity contribution in [1.82, 2.24) is 0 Å². The summed E-state index contributed by atoms with van der Waals surface area (Å²) in [6.07, 6.45) is 2.54. The van der Waals surface area contributed by atoms with E-state index in [2.05, 4.69) is 60.6 Å². The Hall–Kier alpha value is -0.0917. The molecule has 0 aliphatic heterocycles. The van der Waals surface area contributed by atoms with Crippen molar-refractivity contribution in [3.8, 4) is 0 Å². The minimum Gasteiger partial charge on any atom is -0.0683 e. The predicted octanol–water partition coefficient (Wildman–Crippen LogP) is 6.04. The number of fused-ring (bicyclic) bond motifs is 1. The van der Waals surface area contributed by atoms with Crippen LogP contribution < -0.4 is 0 Å². The summed E-state index contributed by atoms with van der Waals surface area (Å²) in [6.45, 7) is 20.4. The second-order valence-electron chi connectivity index (χ2n) is 8.13. The largest absolute Gasteiger partial charge is 0.0683 e. The Morgan fingerprint density at radius 3 is 1.29 bits per heavy atom. The van der Waals surface area contributed by atoms with Crippen molar-refractivity contribution in [2.24, 2.45) is 5.92 Å². The van der Waals surface area contributed by atoms with Gasteiger partial charge in [0, 0.05) is 21.1 Å². The fraction of sp³-hybridized carbons (Fsp3) is 0.700. The molecule has 1 aliphatic carbocycles. The average Bonchev–Trinajstić information content (AvgIpc) is 2.68. The van der Waals surface area contributed by atoms with Crippen LogP contribution in [0.15, 0.2) is 12.1 Å². The summed E-state index contributed by atoms with van der Waals surface area (Å²) >= 11 is 0. The third-order valence-electron chi connectivity index (χ3n) is 4.15. The van der Waals surface area contributed by atoms with E-state index in [1.165, 1.54) is 12.8 Å². The van der Waals surface area contributed by atoms with Crippen LogP contribution in [0.25, 0.3) is 0 Å². The number of benzene rings is 1. The molecule has 0 atom stereocenters. The molecule has 0 fully saturated rings. The maximum absolute atomic E-state index is 2.39. The van der Waals surface area contributed by atoms with E-state index in [-0.39, 0.29) is 31.9 Å². The fourth-order valence-corrected chi connectivity index (χ4v) is 3.33. The minimum atomic E-state index is 0. The van der Waals surface area contributed by atoms with Crippen LogP contribution in [-0.4, -0.2) is 0 Å². The third-order valence-corrected chi connectivity index (χ3v) is 4.15. The molecule has 0 spiro atoms. The predicted molar refractivity (Wildman–Crippen MR) is 91.8 cm³/mol. The van der Waals surface area contributed by atoms with Gasteiger partial charge in [0.2, 0.25) is 0 Å². The third kappa shape index (κ3) is 4.69. The van der Waals surface area contributed by atoms with Gasteiger partial charge in [-0.1, -0.05) is 74.4 Å². The summed E-state index contributed by atoms with van der Waals surface area (Å²) < 4.78 is 0. The second-order valence-corrected chi connectivity index (χ2v) is 8.13. The van der Waals surface area contributed by atoms with Gasteiger partial charge < -0.3 is 0 Å². The zero-order valence-electron chi connectivity index (χ0n) is 15.6. The fourth-order valence-electron chi connectivity index (χ4n) is 3.33. The number of rotatable bonds is 0. The van der Waals surface area contributed by atoms with Crippen LogP contribution in [0.4, 0.5) is 0 Å². The van der Waals surface area contributed by atoms with Gasteiger partial charge >= 0.3 is 0 Å². The number of hydrogen-bond acceptors (Lipinski definition) is 0. The summed E-state index contributed by atoms with van der Waals surface area (Å²) in [4.78, 5) is 0. The van der Waals surface area contributed by atoms with E-state index < -0.39 is 0 Å². The van der Waals surface area contributed by atoms with Gasteiger partial charge in [-0.15, -0.1) is 0 Å². The van der Waals surface area contributed by atoms with E-state index in [0.717, 1.165) is 5.92 Å². The Kier molecular flexibility index (Phi) is 7.42. The van der Waals surface area contributed by atoms with Gasteiger partial charge in [-0.2, -0.15) is 0 Å². The molecule has 0 aromatic heterocycles. The molecule has 0 unspecified atom stereocenters. The van der Waals surface area contributed by atoms with Crippen LogP contribution in [0.1, 0.15) is 84.6 Å². The van der Waals surface area contributed by atoms with E-state index in [4.69, 9.17) is 0 Å². The maximum Gasteiger partial charge on any atom is 0 e. The molecule has 1 aromatic carbocycles. The quantitative estimate of drug-likeness (QED) is 0.445. The average molecular weight is 458 g/mol. The first-order chi connectivity index (χ1) is 9.10. The van der Waals surface area contributed by atoms with Crippen molar-refractivity contribution >= 4 is 0 Å². The molecular weight excluding hydrogens is 424 g/mol. The topological polar surface area (TPSA) is 0 Å². The van der Waals surface area contributed by atoms with Crippen LogP contribution in [0.3, 0.4) is 0 Å². The van der Waals surface area contributed by atoms with Crippen LogP contribution in [0.2, 0.25) is 0 Å². The second kappa shape index (κ2) is 7.45. The van der Waals surface area contributed by atoms with Crippen LogP contribution in [0, 0.1) is 5.92 Å². The summed E-state index contributed by atoms with van der Waals surface area (Å²) in [7, 11) is 0. The summed E-state index contributed by atoms with van der Waals surface area (Å²) in [5.74, 6) is 0.810. The SMILES string of the molecule is CC.CC1Cc2c(C(C)(C)C)ccc(C(C)(C)C)c2C1.[W]. The molecule has 120 valence electrons. The molecule has 0 saturated heterocycles. The molecule has 1 heteroatoms. The van der Waals surface area contributed by atoms with Crippen molar-refractivity contribution < 1.29 is 21.1 Å². The zero-order valence-corrected chi connectivity index (χ0v) is 18.5. The van der Waals surface area contributed by atoms with Crippen molar-refractivity contribution in [2.75, 3.05) is 0 Å². The van der Waals surface area contributed by atoms with Crippen LogP contribution in [0.5, 0.6) is 0 Å². The van der Waals surface area contributed by atoms with Gasteiger partial charge in [-0.05, 0) is 51.8 Å². The first-order valence-corrected chi connectivity index (χ1v) is 8.26. The van der Waals surface area contributed by atoms with E-state index in [1.807, 2.05) is 13.8 Å². The normalized spacial score (nSPS) is 14.9. The molecular formula is C20H34W. The summed E-state index contributed by atoms with van der Waals surface area (Å²) in [6, 6.07) is 4.77. The van der Waals surface area contributed by atoms with E-state index >= 15 is 0 Å². The molecule has 1 aromatic rings. The van der Waals surface area contributed by atoms with Gasteiger partial charge in [-0.25, -0.2) is 0 Å². The Morgan fingerprint density at radius 2 is 1.05 bits per heavy atom. The van der Waals surface area contributed by atoms with Gasteiger partial charge in [-0.3, -0.25) is 0 Å². The monoisotopic (exact) mass is 458 g/mol. The standard InChI is InChI=1S/C18H28.C2H6.W/c1-12-10-13-14(11-12)16(18(5,6)7)9-8-15(13)17(2,3)4;1-2;/h8-9,12H,10-11H2,1-7H3;1-2H3;. The van der Waals surface area contributed by atoms with Gasteiger partial charge in [0.05, 0.1) is 0 Å². The van der Waals surface area contributed by atoms with E-state index in [1.54, 1.807) is 22.3 Å². The molecule has 0 nitrogen and oxygen atoms in total. The van der Waals surface area contributed by atoms with E-state index in [9.17, 15) is 0 Å². The molecule has 2 rings (SSSR count). The Bertz CT molecular complexity index is 415. The molecule has 0 radical (unpaired) electrons. The molecule has 0 bridgehead atoms. The van der Waals surface area contributed by atoms with Gasteiger partial charge in [0.25, 0.3) is 0 Å². The van der Waals surface area contributed by atoms with Crippen LogP contribution >= 0.6 is 0 Å². The maximum atomic E-state index is 2.39. The Morgan fingerprint density at radius 1 is 0.762 bits per heavy atom. The Labute approximate surface area is 147 Å². The first-order valence-electron chi connectivity index (χ1n) is 8.26. The van der Waals surface area contributed by atoms with Crippen molar-refractivity contribution in [2.45, 2.75) is 86.0 Å². The van der Waals surface area contributed by atoms with Gasteiger partial charge in [0.1, 0.15) is 0 Å². The van der Waals surface area contributed by atoms with E-state index in [0.29, 0.717) is 0 Å². The van der Waals surface area contributed by atoms with Gasteiger partial charge in [0.15, 0.2) is 0 Å². The van der Waals surface area contributed by atoms with Crippen LogP contribution in [-0.2, 0) is 44.7 Å². The molecule has 0 heterocycles. The summed E-state index contributed by atoms with van der Waals surface area (Å²) in [5, 5.41) is 0. The molecule has 1 aliphatic rings.